The van der Waals surface area contributed by atoms with Crippen LogP contribution in [0.4, 0.5) is 10.1 Å². The lowest BCUT2D eigenvalue weighted by Crippen LogP contribution is -2.30. The van der Waals surface area contributed by atoms with Gasteiger partial charge in [-0.05, 0) is 30.3 Å². The number of hydrogen-bond donors (Lipinski definition) is 1. The van der Waals surface area contributed by atoms with Crippen molar-refractivity contribution in [3.8, 4) is 5.82 Å². The van der Waals surface area contributed by atoms with Crippen LogP contribution in [0.5, 0.6) is 0 Å². The third-order valence-corrected chi connectivity index (χ3v) is 3.58. The van der Waals surface area contributed by atoms with Crippen LogP contribution in [0.1, 0.15) is 0 Å². The van der Waals surface area contributed by atoms with Crippen LogP contribution in [-0.4, -0.2) is 25.5 Å². The van der Waals surface area contributed by atoms with Crippen LogP contribution < -0.4 is 10.9 Å². The molecule has 0 saturated carbocycles. The fraction of sp³-hybridized carbons (Fsp3) is 0.0667. The van der Waals surface area contributed by atoms with E-state index in [0.717, 1.165) is 4.68 Å². The highest BCUT2D eigenvalue weighted by atomic mass is 79.9. The Balaban J connectivity index is 1.79. The van der Waals surface area contributed by atoms with Gasteiger partial charge in [-0.3, -0.25) is 9.59 Å². The zero-order valence-electron chi connectivity index (χ0n) is 12.2. The van der Waals surface area contributed by atoms with Gasteiger partial charge in [-0.15, -0.1) is 5.10 Å². The number of carbonyl (C=O) groups excluding carboxylic acids is 1. The van der Waals surface area contributed by atoms with E-state index in [-0.39, 0.29) is 12.2 Å². The van der Waals surface area contributed by atoms with Gasteiger partial charge in [0.05, 0.1) is 5.69 Å². The second-order valence-electron chi connectivity index (χ2n) is 4.81. The van der Waals surface area contributed by atoms with Crippen molar-refractivity contribution in [2.24, 2.45) is 0 Å². The molecule has 3 aromatic rings. The van der Waals surface area contributed by atoms with E-state index in [1.54, 1.807) is 24.5 Å². The molecule has 0 unspecified atom stereocenters. The van der Waals surface area contributed by atoms with Crippen LogP contribution in [0.15, 0.2) is 58.1 Å². The van der Waals surface area contributed by atoms with Crippen molar-refractivity contribution in [2.45, 2.75) is 6.54 Å². The molecule has 3 rings (SSSR count). The molecular formula is C15H11BrFN5O2. The summed E-state index contributed by atoms with van der Waals surface area (Å²) < 4.78 is 16.7. The van der Waals surface area contributed by atoms with Crippen molar-refractivity contribution >= 4 is 27.5 Å². The van der Waals surface area contributed by atoms with Crippen molar-refractivity contribution in [2.75, 3.05) is 5.32 Å². The molecule has 24 heavy (non-hydrogen) atoms. The van der Waals surface area contributed by atoms with Gasteiger partial charge in [-0.25, -0.2) is 13.8 Å². The molecular weight excluding hydrogens is 381 g/mol. The van der Waals surface area contributed by atoms with Gasteiger partial charge in [-0.1, -0.05) is 15.9 Å². The number of halogens is 2. The number of benzene rings is 1. The zero-order chi connectivity index (χ0) is 17.1. The number of hydrogen-bond acceptors (Lipinski definition) is 4. The summed E-state index contributed by atoms with van der Waals surface area (Å²) in [4.78, 5) is 23.9. The monoisotopic (exact) mass is 391 g/mol. The van der Waals surface area contributed by atoms with Crippen LogP contribution in [-0.2, 0) is 11.3 Å². The third kappa shape index (κ3) is 3.57. The van der Waals surface area contributed by atoms with E-state index in [9.17, 15) is 14.0 Å². The fourth-order valence-electron chi connectivity index (χ4n) is 1.99. The quantitative estimate of drug-likeness (QED) is 0.736. The molecule has 1 amide bonds. The normalized spacial score (nSPS) is 10.6. The van der Waals surface area contributed by atoms with Gasteiger partial charge in [0.25, 0.3) is 5.56 Å². The summed E-state index contributed by atoms with van der Waals surface area (Å²) >= 11 is 3.14. The molecule has 9 heteroatoms. The first-order valence-electron chi connectivity index (χ1n) is 6.86. The van der Waals surface area contributed by atoms with Gasteiger partial charge in [-0.2, -0.15) is 5.10 Å². The van der Waals surface area contributed by atoms with Crippen LogP contribution in [0.2, 0.25) is 0 Å². The third-order valence-electron chi connectivity index (χ3n) is 3.09. The van der Waals surface area contributed by atoms with Gasteiger partial charge in [0.1, 0.15) is 12.4 Å². The zero-order valence-corrected chi connectivity index (χ0v) is 13.8. The van der Waals surface area contributed by atoms with Crippen molar-refractivity contribution in [1.82, 2.24) is 19.6 Å². The fourth-order valence-corrected chi connectivity index (χ4v) is 2.33. The van der Waals surface area contributed by atoms with E-state index in [1.165, 1.54) is 28.9 Å². The molecule has 0 aliphatic carbocycles. The lowest BCUT2D eigenvalue weighted by Gasteiger charge is -2.09. The maximum absolute atomic E-state index is 13.7. The lowest BCUT2D eigenvalue weighted by molar-refractivity contribution is -0.117. The average molecular weight is 392 g/mol. The summed E-state index contributed by atoms with van der Waals surface area (Å²) in [6, 6.07) is 8.75. The number of carbonyl (C=O) groups is 1. The van der Waals surface area contributed by atoms with Crippen molar-refractivity contribution in [3.05, 3.63) is 69.4 Å². The molecule has 0 aliphatic heterocycles. The molecule has 1 aromatic carbocycles. The van der Waals surface area contributed by atoms with E-state index in [0.29, 0.717) is 10.3 Å². The van der Waals surface area contributed by atoms with Gasteiger partial charge < -0.3 is 5.32 Å². The smallest absolute Gasteiger partial charge is 0.267 e. The minimum Gasteiger partial charge on any atom is -0.322 e. The summed E-state index contributed by atoms with van der Waals surface area (Å²) in [7, 11) is 0. The number of anilines is 1. The number of rotatable bonds is 4. The molecule has 7 nitrogen and oxygen atoms in total. The maximum Gasteiger partial charge on any atom is 0.267 e. The van der Waals surface area contributed by atoms with Crippen molar-refractivity contribution < 1.29 is 9.18 Å². The van der Waals surface area contributed by atoms with Crippen molar-refractivity contribution in [3.63, 3.8) is 0 Å². The minimum absolute atomic E-state index is 0.0273. The summed E-state index contributed by atoms with van der Waals surface area (Å²) in [6.45, 7) is -0.344. The summed E-state index contributed by atoms with van der Waals surface area (Å²) in [6.07, 6.45) is 3.23. The molecule has 0 bridgehead atoms. The molecule has 122 valence electrons. The van der Waals surface area contributed by atoms with Crippen LogP contribution in [0.3, 0.4) is 0 Å². The second-order valence-corrected chi connectivity index (χ2v) is 5.73. The predicted octanol–water partition coefficient (Wildman–Crippen LogP) is 1.97. The van der Waals surface area contributed by atoms with E-state index >= 15 is 0 Å². The van der Waals surface area contributed by atoms with Crippen LogP contribution in [0, 0.1) is 5.82 Å². The average Bonchev–Trinajstić information content (AvgIpc) is 3.07. The molecule has 1 N–H and O–H groups in total. The number of aromatic nitrogens is 4. The highest BCUT2D eigenvalue weighted by Gasteiger charge is 2.11. The SMILES string of the molecule is O=C(Cn1nc(-n2cccn2)ccc1=O)Nc1ccc(Br)cc1F. The van der Waals surface area contributed by atoms with E-state index < -0.39 is 17.3 Å². The van der Waals surface area contributed by atoms with Gasteiger partial charge in [0, 0.05) is 22.9 Å². The standard InChI is InChI=1S/C15H11BrFN5O2/c16-10-2-3-12(11(17)8-10)19-14(23)9-22-15(24)5-4-13(20-22)21-7-1-6-18-21/h1-8H,9H2,(H,19,23). The summed E-state index contributed by atoms with van der Waals surface area (Å²) in [5.74, 6) is -0.756. The van der Waals surface area contributed by atoms with E-state index in [2.05, 4.69) is 31.4 Å². The Labute approximate surface area is 143 Å². The molecule has 2 aromatic heterocycles. The molecule has 0 atom stereocenters. The number of nitrogens with zero attached hydrogens (tertiary/aromatic N) is 4. The Morgan fingerprint density at radius 3 is 2.83 bits per heavy atom. The Hall–Kier alpha value is -2.81. The molecule has 0 saturated heterocycles. The summed E-state index contributed by atoms with van der Waals surface area (Å²) in [5, 5.41) is 10.5. The van der Waals surface area contributed by atoms with Crippen molar-refractivity contribution in [1.29, 1.82) is 0 Å². The highest BCUT2D eigenvalue weighted by Crippen LogP contribution is 2.19. The molecule has 0 aliphatic rings. The number of amides is 1. The van der Waals surface area contributed by atoms with E-state index in [1.807, 2.05) is 0 Å². The minimum atomic E-state index is -0.580. The Kier molecular flexibility index (Phi) is 4.52. The van der Waals surface area contributed by atoms with Crippen LogP contribution in [0.25, 0.3) is 5.82 Å². The first kappa shape index (κ1) is 16.1. The van der Waals surface area contributed by atoms with Gasteiger partial charge in [0.2, 0.25) is 5.91 Å². The summed E-state index contributed by atoms with van der Waals surface area (Å²) in [5.41, 5.74) is -0.420. The lowest BCUT2D eigenvalue weighted by atomic mass is 10.3. The topological polar surface area (TPSA) is 81.8 Å². The molecule has 0 spiro atoms. The highest BCUT2D eigenvalue weighted by molar-refractivity contribution is 9.10. The van der Waals surface area contributed by atoms with Crippen LogP contribution >= 0.6 is 15.9 Å². The molecule has 0 fully saturated rings. The molecule has 0 radical (unpaired) electrons. The van der Waals surface area contributed by atoms with Gasteiger partial charge in [0.15, 0.2) is 5.82 Å². The second kappa shape index (κ2) is 6.75. The first-order chi connectivity index (χ1) is 11.5. The Bertz CT molecular complexity index is 939. The Morgan fingerprint density at radius 2 is 2.12 bits per heavy atom. The largest absolute Gasteiger partial charge is 0.322 e. The molecule has 2 heterocycles. The van der Waals surface area contributed by atoms with E-state index in [4.69, 9.17) is 0 Å². The Morgan fingerprint density at radius 1 is 1.29 bits per heavy atom. The number of nitrogens with one attached hydrogen (secondary N) is 1. The predicted molar refractivity (Wildman–Crippen MR) is 88.3 cm³/mol. The van der Waals surface area contributed by atoms with Gasteiger partial charge >= 0.3 is 0 Å². The maximum atomic E-state index is 13.7. The first-order valence-corrected chi connectivity index (χ1v) is 7.65.